The van der Waals surface area contributed by atoms with Gasteiger partial charge < -0.3 is 10.6 Å². The Hall–Kier alpha value is -2.47. The molecule has 0 radical (unpaired) electrons. The highest BCUT2D eigenvalue weighted by Crippen LogP contribution is 2.12. The number of anilines is 1. The monoisotopic (exact) mass is 290 g/mol. The summed E-state index contributed by atoms with van der Waals surface area (Å²) in [7, 11) is 1.54. The topological polar surface area (TPSA) is 84.0 Å². The molecule has 102 valence electrons. The van der Waals surface area contributed by atoms with Crippen LogP contribution in [0.25, 0.3) is 0 Å². The van der Waals surface area contributed by atoms with Gasteiger partial charge in [0.15, 0.2) is 10.8 Å². The lowest BCUT2D eigenvalue weighted by Gasteiger charge is -2.06. The summed E-state index contributed by atoms with van der Waals surface area (Å²) >= 11 is 5.60. The molecule has 0 unspecified atom stereocenters. The second-order valence-corrected chi connectivity index (χ2v) is 4.24. The van der Waals surface area contributed by atoms with Crippen LogP contribution in [-0.2, 0) is 0 Å². The summed E-state index contributed by atoms with van der Waals surface area (Å²) in [6, 6.07) is 9.51. The number of hydrogen-bond donors (Lipinski definition) is 2. The first kappa shape index (κ1) is 14.0. The number of nitrogens with zero attached hydrogens (tertiary/aromatic N) is 2. The lowest BCUT2D eigenvalue weighted by atomic mass is 10.2. The lowest BCUT2D eigenvalue weighted by molar-refractivity contribution is 0.0961. The molecular formula is C13H11ClN4O2. The molecule has 2 aromatic rings. The van der Waals surface area contributed by atoms with E-state index >= 15 is 0 Å². The van der Waals surface area contributed by atoms with Gasteiger partial charge in [0.25, 0.3) is 11.8 Å². The Balaban J connectivity index is 2.15. The van der Waals surface area contributed by atoms with Crippen LogP contribution in [0.4, 0.5) is 5.69 Å². The number of hydrogen-bond acceptors (Lipinski definition) is 4. The maximum atomic E-state index is 11.9. The first-order chi connectivity index (χ1) is 9.60. The van der Waals surface area contributed by atoms with Gasteiger partial charge in [0, 0.05) is 18.3 Å². The zero-order valence-corrected chi connectivity index (χ0v) is 11.3. The van der Waals surface area contributed by atoms with E-state index in [-0.39, 0.29) is 16.8 Å². The molecule has 0 aliphatic rings. The minimum absolute atomic E-state index is 0.139. The van der Waals surface area contributed by atoms with Crippen LogP contribution in [0.5, 0.6) is 0 Å². The van der Waals surface area contributed by atoms with Crippen molar-refractivity contribution in [1.82, 2.24) is 15.5 Å². The maximum Gasteiger partial charge on any atom is 0.276 e. The van der Waals surface area contributed by atoms with Crippen LogP contribution in [0.2, 0.25) is 5.15 Å². The number of aromatic nitrogens is 2. The van der Waals surface area contributed by atoms with E-state index in [4.69, 9.17) is 11.6 Å². The van der Waals surface area contributed by atoms with Crippen molar-refractivity contribution in [3.05, 3.63) is 52.8 Å². The molecule has 0 saturated carbocycles. The number of amides is 2. The third kappa shape index (κ3) is 3.30. The molecule has 0 fully saturated rings. The minimum atomic E-state index is -0.428. The summed E-state index contributed by atoms with van der Waals surface area (Å²) in [5.74, 6) is -0.657. The van der Waals surface area contributed by atoms with Gasteiger partial charge in [-0.1, -0.05) is 17.7 Å². The van der Waals surface area contributed by atoms with Crippen molar-refractivity contribution in [2.75, 3.05) is 12.4 Å². The van der Waals surface area contributed by atoms with E-state index in [0.717, 1.165) is 0 Å². The number of nitrogens with one attached hydrogen (secondary N) is 2. The Labute approximate surface area is 120 Å². The fourth-order valence-corrected chi connectivity index (χ4v) is 1.62. The molecule has 2 rings (SSSR count). The summed E-state index contributed by atoms with van der Waals surface area (Å²) in [5, 5.41) is 12.6. The van der Waals surface area contributed by atoms with Crippen LogP contribution in [0, 0.1) is 0 Å². The van der Waals surface area contributed by atoms with E-state index in [2.05, 4.69) is 20.8 Å². The molecule has 7 heteroatoms. The van der Waals surface area contributed by atoms with Crippen molar-refractivity contribution in [3.63, 3.8) is 0 Å². The second-order valence-electron chi connectivity index (χ2n) is 3.86. The van der Waals surface area contributed by atoms with E-state index in [1.165, 1.54) is 19.2 Å². The maximum absolute atomic E-state index is 11.9. The molecule has 0 bridgehead atoms. The molecule has 2 amide bonds. The molecule has 0 atom stereocenters. The van der Waals surface area contributed by atoms with Gasteiger partial charge in [-0.25, -0.2) is 0 Å². The number of carbonyl (C=O) groups excluding carboxylic acids is 2. The van der Waals surface area contributed by atoms with E-state index in [9.17, 15) is 9.59 Å². The Morgan fingerprint density at radius 3 is 2.55 bits per heavy atom. The quantitative estimate of drug-likeness (QED) is 0.902. The van der Waals surface area contributed by atoms with Crippen LogP contribution in [0.3, 0.4) is 0 Å². The molecule has 0 spiro atoms. The Morgan fingerprint density at radius 2 is 1.90 bits per heavy atom. The highest BCUT2D eigenvalue weighted by Gasteiger charge is 2.10. The van der Waals surface area contributed by atoms with Gasteiger partial charge >= 0.3 is 0 Å². The Bertz CT molecular complexity index is 643. The van der Waals surface area contributed by atoms with Gasteiger partial charge in [0.1, 0.15) is 0 Å². The summed E-state index contributed by atoms with van der Waals surface area (Å²) in [6.07, 6.45) is 0. The summed E-state index contributed by atoms with van der Waals surface area (Å²) in [4.78, 5) is 23.4. The zero-order valence-electron chi connectivity index (χ0n) is 10.6. The highest BCUT2D eigenvalue weighted by atomic mass is 35.5. The number of rotatable bonds is 3. The van der Waals surface area contributed by atoms with Crippen molar-refractivity contribution >= 4 is 29.1 Å². The third-order valence-corrected chi connectivity index (χ3v) is 2.68. The minimum Gasteiger partial charge on any atom is -0.355 e. The van der Waals surface area contributed by atoms with Crippen LogP contribution in [0.1, 0.15) is 20.8 Å². The van der Waals surface area contributed by atoms with Gasteiger partial charge in [-0.05, 0) is 30.3 Å². The molecule has 1 aromatic carbocycles. The van der Waals surface area contributed by atoms with Crippen LogP contribution < -0.4 is 10.6 Å². The van der Waals surface area contributed by atoms with E-state index in [1.54, 1.807) is 24.3 Å². The molecule has 2 N–H and O–H groups in total. The fourth-order valence-electron chi connectivity index (χ4n) is 1.51. The van der Waals surface area contributed by atoms with Crippen LogP contribution >= 0.6 is 11.6 Å². The van der Waals surface area contributed by atoms with Crippen molar-refractivity contribution < 1.29 is 9.59 Å². The number of halogens is 1. The molecule has 1 heterocycles. The average molecular weight is 291 g/mol. The summed E-state index contributed by atoms with van der Waals surface area (Å²) in [5.41, 5.74) is 1.08. The SMILES string of the molecule is CNC(=O)c1cccc(NC(=O)c2ccc(Cl)nn2)c1. The largest absolute Gasteiger partial charge is 0.355 e. The predicted molar refractivity (Wildman–Crippen MR) is 74.8 cm³/mol. The van der Waals surface area contributed by atoms with Crippen molar-refractivity contribution in [1.29, 1.82) is 0 Å². The molecule has 6 nitrogen and oxygen atoms in total. The Morgan fingerprint density at radius 1 is 1.10 bits per heavy atom. The fraction of sp³-hybridized carbons (Fsp3) is 0.0769. The van der Waals surface area contributed by atoms with Crippen LogP contribution in [-0.4, -0.2) is 29.1 Å². The predicted octanol–water partition coefficient (Wildman–Crippen LogP) is 1.74. The zero-order chi connectivity index (χ0) is 14.5. The van der Waals surface area contributed by atoms with Gasteiger partial charge in [0.2, 0.25) is 0 Å². The van der Waals surface area contributed by atoms with Crippen molar-refractivity contribution in [2.45, 2.75) is 0 Å². The number of benzene rings is 1. The van der Waals surface area contributed by atoms with Crippen molar-refractivity contribution in [2.24, 2.45) is 0 Å². The Kier molecular flexibility index (Phi) is 4.27. The molecule has 0 saturated heterocycles. The van der Waals surface area contributed by atoms with E-state index in [0.29, 0.717) is 11.3 Å². The first-order valence-electron chi connectivity index (χ1n) is 5.73. The van der Waals surface area contributed by atoms with E-state index < -0.39 is 5.91 Å². The molecule has 1 aromatic heterocycles. The molecule has 0 aliphatic heterocycles. The standard InChI is InChI=1S/C13H11ClN4O2/c1-15-12(19)8-3-2-4-9(7-8)16-13(20)10-5-6-11(14)18-17-10/h2-7H,1H3,(H,15,19)(H,16,20). The average Bonchev–Trinajstić information content (AvgIpc) is 2.47. The highest BCUT2D eigenvalue weighted by molar-refractivity contribution is 6.29. The second kappa shape index (κ2) is 6.12. The van der Waals surface area contributed by atoms with Crippen molar-refractivity contribution in [3.8, 4) is 0 Å². The van der Waals surface area contributed by atoms with Gasteiger partial charge in [-0.3, -0.25) is 9.59 Å². The van der Waals surface area contributed by atoms with Gasteiger partial charge in [-0.2, -0.15) is 0 Å². The van der Waals surface area contributed by atoms with Crippen LogP contribution in [0.15, 0.2) is 36.4 Å². The molecule has 20 heavy (non-hydrogen) atoms. The first-order valence-corrected chi connectivity index (χ1v) is 6.10. The van der Waals surface area contributed by atoms with E-state index in [1.807, 2.05) is 0 Å². The normalized spacial score (nSPS) is 9.90. The smallest absolute Gasteiger partial charge is 0.276 e. The third-order valence-electron chi connectivity index (χ3n) is 2.47. The lowest BCUT2D eigenvalue weighted by Crippen LogP contribution is -2.18. The molecule has 0 aliphatic carbocycles. The van der Waals surface area contributed by atoms with Gasteiger partial charge in [0.05, 0.1) is 0 Å². The number of carbonyl (C=O) groups is 2. The van der Waals surface area contributed by atoms with Gasteiger partial charge in [-0.15, -0.1) is 10.2 Å². The summed E-state index contributed by atoms with van der Waals surface area (Å²) in [6.45, 7) is 0. The molecular weight excluding hydrogens is 280 g/mol. The summed E-state index contributed by atoms with van der Waals surface area (Å²) < 4.78 is 0.